The summed E-state index contributed by atoms with van der Waals surface area (Å²) >= 11 is 0. The van der Waals surface area contributed by atoms with Crippen LogP contribution in [0.3, 0.4) is 0 Å². The van der Waals surface area contributed by atoms with Gasteiger partial charge in [0.05, 0.1) is 7.11 Å². The number of nitrogens with zero attached hydrogens (tertiary/aromatic N) is 1. The molecule has 0 unspecified atom stereocenters. The first kappa shape index (κ1) is 10.4. The molecule has 1 aromatic carbocycles. The normalized spacial score (nSPS) is 9.81. The molecule has 0 saturated carbocycles. The third-order valence-corrected chi connectivity index (χ3v) is 2.33. The lowest BCUT2D eigenvalue weighted by Crippen LogP contribution is -1.90. The van der Waals surface area contributed by atoms with Gasteiger partial charge in [0.1, 0.15) is 11.4 Å². The Kier molecular flexibility index (Phi) is 2.96. The van der Waals surface area contributed by atoms with Crippen LogP contribution in [0.15, 0.2) is 42.6 Å². The molecule has 0 spiro atoms. The molecule has 0 amide bonds. The lowest BCUT2D eigenvalue weighted by Gasteiger charge is -2.07. The molecule has 1 aromatic heterocycles. The van der Waals surface area contributed by atoms with Crippen LogP contribution in [0.2, 0.25) is 0 Å². The van der Waals surface area contributed by atoms with Gasteiger partial charge in [-0.05, 0) is 12.1 Å². The second kappa shape index (κ2) is 4.57. The van der Waals surface area contributed by atoms with E-state index in [0.29, 0.717) is 5.69 Å². The number of hydrogen-bond donors (Lipinski definition) is 0. The van der Waals surface area contributed by atoms with E-state index in [-0.39, 0.29) is 0 Å². The number of para-hydroxylation sites is 1. The number of ether oxygens (including phenoxy) is 1. The van der Waals surface area contributed by atoms with Crippen molar-refractivity contribution < 1.29 is 9.53 Å². The highest BCUT2D eigenvalue weighted by atomic mass is 16.5. The predicted molar refractivity (Wildman–Crippen MR) is 61.6 cm³/mol. The van der Waals surface area contributed by atoms with Crippen molar-refractivity contribution in [1.82, 2.24) is 4.98 Å². The van der Waals surface area contributed by atoms with E-state index in [4.69, 9.17) is 4.74 Å². The number of aromatic nitrogens is 1. The van der Waals surface area contributed by atoms with Gasteiger partial charge in [0.25, 0.3) is 0 Å². The van der Waals surface area contributed by atoms with Gasteiger partial charge in [-0.25, -0.2) is 0 Å². The summed E-state index contributed by atoms with van der Waals surface area (Å²) in [6.07, 6.45) is 2.40. The summed E-state index contributed by atoms with van der Waals surface area (Å²) in [6, 6.07) is 11.2. The Morgan fingerprint density at radius 3 is 2.62 bits per heavy atom. The van der Waals surface area contributed by atoms with E-state index < -0.39 is 0 Å². The molecule has 0 aliphatic heterocycles. The molecular formula is C13H11NO2. The van der Waals surface area contributed by atoms with E-state index in [2.05, 4.69) is 4.98 Å². The molecule has 1 heterocycles. The number of hydrogen-bond acceptors (Lipinski definition) is 3. The van der Waals surface area contributed by atoms with Gasteiger partial charge in [0.2, 0.25) is 0 Å². The van der Waals surface area contributed by atoms with Crippen molar-refractivity contribution in [2.24, 2.45) is 0 Å². The van der Waals surface area contributed by atoms with Crippen molar-refractivity contribution >= 4 is 6.29 Å². The molecule has 2 aromatic rings. The molecule has 16 heavy (non-hydrogen) atoms. The van der Waals surface area contributed by atoms with Crippen LogP contribution in [0.25, 0.3) is 11.1 Å². The Labute approximate surface area is 93.7 Å². The van der Waals surface area contributed by atoms with Crippen molar-refractivity contribution in [3.05, 3.63) is 48.3 Å². The molecule has 0 saturated heterocycles. The SMILES string of the molecule is COc1ccccc1-c1ccc(C=O)nc1. The Morgan fingerprint density at radius 1 is 1.19 bits per heavy atom. The maximum absolute atomic E-state index is 10.5. The first-order chi connectivity index (χ1) is 7.85. The second-order valence-electron chi connectivity index (χ2n) is 3.29. The highest BCUT2D eigenvalue weighted by Crippen LogP contribution is 2.28. The maximum atomic E-state index is 10.5. The minimum Gasteiger partial charge on any atom is -0.496 e. The summed E-state index contributed by atoms with van der Waals surface area (Å²) in [5.41, 5.74) is 2.33. The van der Waals surface area contributed by atoms with Crippen molar-refractivity contribution in [3.63, 3.8) is 0 Å². The quantitative estimate of drug-likeness (QED) is 0.735. The number of methoxy groups -OCH3 is 1. The second-order valence-corrected chi connectivity index (χ2v) is 3.29. The fourth-order valence-corrected chi connectivity index (χ4v) is 1.52. The molecule has 0 bridgehead atoms. The fourth-order valence-electron chi connectivity index (χ4n) is 1.52. The summed E-state index contributed by atoms with van der Waals surface area (Å²) in [6.45, 7) is 0. The summed E-state index contributed by atoms with van der Waals surface area (Å²) in [7, 11) is 1.63. The van der Waals surface area contributed by atoms with Crippen LogP contribution in [0.1, 0.15) is 10.5 Å². The predicted octanol–water partition coefficient (Wildman–Crippen LogP) is 2.57. The van der Waals surface area contributed by atoms with Crippen molar-refractivity contribution in [3.8, 4) is 16.9 Å². The zero-order chi connectivity index (χ0) is 11.4. The first-order valence-electron chi connectivity index (χ1n) is 4.90. The summed E-state index contributed by atoms with van der Waals surface area (Å²) in [5.74, 6) is 0.795. The van der Waals surface area contributed by atoms with Crippen LogP contribution < -0.4 is 4.74 Å². The average molecular weight is 213 g/mol. The molecule has 0 radical (unpaired) electrons. The molecule has 3 heteroatoms. The van der Waals surface area contributed by atoms with Crippen LogP contribution in [0, 0.1) is 0 Å². The molecule has 0 aliphatic carbocycles. The number of carbonyl (C=O) groups excluding carboxylic acids is 1. The number of benzene rings is 1. The average Bonchev–Trinajstić information content (AvgIpc) is 2.39. The minimum absolute atomic E-state index is 0.429. The van der Waals surface area contributed by atoms with Crippen molar-refractivity contribution in [2.45, 2.75) is 0 Å². The first-order valence-corrected chi connectivity index (χ1v) is 4.90. The molecule has 0 atom stereocenters. The molecule has 0 fully saturated rings. The van der Waals surface area contributed by atoms with Crippen LogP contribution in [-0.4, -0.2) is 18.4 Å². The fraction of sp³-hybridized carbons (Fsp3) is 0.0769. The number of rotatable bonds is 3. The molecule has 0 N–H and O–H groups in total. The third kappa shape index (κ3) is 1.93. The Morgan fingerprint density at radius 2 is 2.00 bits per heavy atom. The highest BCUT2D eigenvalue weighted by Gasteiger charge is 2.04. The Balaban J connectivity index is 2.45. The summed E-state index contributed by atoms with van der Waals surface area (Å²) in [4.78, 5) is 14.5. The van der Waals surface area contributed by atoms with E-state index in [1.807, 2.05) is 30.3 Å². The summed E-state index contributed by atoms with van der Waals surface area (Å²) < 4.78 is 5.26. The smallest absolute Gasteiger partial charge is 0.168 e. The van der Waals surface area contributed by atoms with E-state index >= 15 is 0 Å². The van der Waals surface area contributed by atoms with Gasteiger partial charge in [-0.2, -0.15) is 0 Å². The highest BCUT2D eigenvalue weighted by molar-refractivity contribution is 5.75. The Bertz CT molecular complexity index is 492. The lowest BCUT2D eigenvalue weighted by molar-refractivity contribution is 0.111. The minimum atomic E-state index is 0.429. The van der Waals surface area contributed by atoms with Gasteiger partial charge in [-0.3, -0.25) is 9.78 Å². The van der Waals surface area contributed by atoms with Gasteiger partial charge in [-0.1, -0.05) is 24.3 Å². The molecule has 3 nitrogen and oxygen atoms in total. The lowest BCUT2D eigenvalue weighted by atomic mass is 10.1. The van der Waals surface area contributed by atoms with Crippen molar-refractivity contribution in [2.75, 3.05) is 7.11 Å². The monoisotopic (exact) mass is 213 g/mol. The standard InChI is InChI=1S/C13H11NO2/c1-16-13-5-3-2-4-12(13)10-6-7-11(9-15)14-8-10/h2-9H,1H3. The molecule has 0 aliphatic rings. The summed E-state index contributed by atoms with van der Waals surface area (Å²) in [5, 5.41) is 0. The largest absolute Gasteiger partial charge is 0.496 e. The molecule has 2 rings (SSSR count). The molecule has 80 valence electrons. The number of pyridine rings is 1. The van der Waals surface area contributed by atoms with Crippen LogP contribution in [0.5, 0.6) is 5.75 Å². The topological polar surface area (TPSA) is 39.2 Å². The van der Waals surface area contributed by atoms with Gasteiger partial charge in [0, 0.05) is 17.3 Å². The van der Waals surface area contributed by atoms with E-state index in [0.717, 1.165) is 23.2 Å². The zero-order valence-electron chi connectivity index (χ0n) is 8.88. The van der Waals surface area contributed by atoms with Gasteiger partial charge in [0.15, 0.2) is 6.29 Å². The Hall–Kier alpha value is -2.16. The van der Waals surface area contributed by atoms with Gasteiger partial charge in [-0.15, -0.1) is 0 Å². The maximum Gasteiger partial charge on any atom is 0.168 e. The van der Waals surface area contributed by atoms with E-state index in [9.17, 15) is 4.79 Å². The molecular weight excluding hydrogens is 202 g/mol. The number of aldehydes is 1. The van der Waals surface area contributed by atoms with Crippen LogP contribution in [-0.2, 0) is 0 Å². The third-order valence-electron chi connectivity index (χ3n) is 2.33. The van der Waals surface area contributed by atoms with Crippen molar-refractivity contribution in [1.29, 1.82) is 0 Å². The van der Waals surface area contributed by atoms with Crippen LogP contribution >= 0.6 is 0 Å². The van der Waals surface area contributed by atoms with E-state index in [1.165, 1.54) is 0 Å². The van der Waals surface area contributed by atoms with E-state index in [1.54, 1.807) is 19.4 Å². The van der Waals surface area contributed by atoms with Crippen LogP contribution in [0.4, 0.5) is 0 Å². The van der Waals surface area contributed by atoms with Gasteiger partial charge >= 0.3 is 0 Å². The zero-order valence-corrected chi connectivity index (χ0v) is 8.88. The number of carbonyl (C=O) groups is 1. The van der Waals surface area contributed by atoms with Gasteiger partial charge < -0.3 is 4.74 Å².